The molecule has 0 radical (unpaired) electrons. The lowest BCUT2D eigenvalue weighted by Crippen LogP contribution is -2.49. The number of aliphatic hydroxyl groups is 1. The molecule has 8 heteroatoms. The van der Waals surface area contributed by atoms with Crippen LogP contribution >= 0.6 is 15.9 Å². The van der Waals surface area contributed by atoms with E-state index >= 15 is 0 Å². The van der Waals surface area contributed by atoms with Crippen molar-refractivity contribution in [3.63, 3.8) is 0 Å². The summed E-state index contributed by atoms with van der Waals surface area (Å²) in [5, 5.41) is 9.47. The number of halogens is 2. The van der Waals surface area contributed by atoms with Crippen molar-refractivity contribution < 1.29 is 17.9 Å². The van der Waals surface area contributed by atoms with E-state index in [0.29, 0.717) is 12.8 Å². The SMILES string of the molecule is Nc1cc(F)c(Br)cc1S(=O)(=O)NC1(CO)CCCC1. The predicted molar refractivity (Wildman–Crippen MR) is 77.1 cm³/mol. The molecule has 0 spiro atoms. The van der Waals surface area contributed by atoms with Gasteiger partial charge in [-0.1, -0.05) is 12.8 Å². The topological polar surface area (TPSA) is 92.4 Å². The average Bonchev–Trinajstić information content (AvgIpc) is 2.82. The summed E-state index contributed by atoms with van der Waals surface area (Å²) >= 11 is 2.94. The predicted octanol–water partition coefficient (Wildman–Crippen LogP) is 1.75. The van der Waals surface area contributed by atoms with Crippen LogP contribution in [0.1, 0.15) is 25.7 Å². The van der Waals surface area contributed by atoms with Crippen molar-refractivity contribution in [2.45, 2.75) is 36.1 Å². The van der Waals surface area contributed by atoms with Gasteiger partial charge in [0.25, 0.3) is 0 Å². The lowest BCUT2D eigenvalue weighted by molar-refractivity contribution is 0.185. The van der Waals surface area contributed by atoms with E-state index in [0.717, 1.165) is 25.0 Å². The molecule has 1 fully saturated rings. The Morgan fingerprint density at radius 2 is 2.00 bits per heavy atom. The van der Waals surface area contributed by atoms with Crippen molar-refractivity contribution in [2.75, 3.05) is 12.3 Å². The molecule has 1 saturated carbocycles. The van der Waals surface area contributed by atoms with Crippen LogP contribution in [0.25, 0.3) is 0 Å². The quantitative estimate of drug-likeness (QED) is 0.707. The van der Waals surface area contributed by atoms with Gasteiger partial charge in [0.15, 0.2) is 0 Å². The Labute approximate surface area is 125 Å². The normalized spacial score (nSPS) is 18.4. The molecule has 1 aliphatic carbocycles. The Kier molecular flexibility index (Phi) is 4.38. The molecule has 1 aliphatic rings. The third-order valence-electron chi connectivity index (χ3n) is 3.56. The molecule has 2 rings (SSSR count). The monoisotopic (exact) mass is 366 g/mol. The van der Waals surface area contributed by atoms with Gasteiger partial charge in [0, 0.05) is 0 Å². The van der Waals surface area contributed by atoms with Gasteiger partial charge in [-0.3, -0.25) is 0 Å². The van der Waals surface area contributed by atoms with Crippen LogP contribution in [-0.4, -0.2) is 25.7 Å². The molecule has 0 saturated heterocycles. The molecule has 0 aliphatic heterocycles. The first-order valence-electron chi connectivity index (χ1n) is 6.19. The highest BCUT2D eigenvalue weighted by atomic mass is 79.9. The minimum absolute atomic E-state index is 0.0246. The van der Waals surface area contributed by atoms with Gasteiger partial charge in [0.05, 0.1) is 22.3 Å². The molecule has 0 aromatic heterocycles. The minimum atomic E-state index is -3.92. The van der Waals surface area contributed by atoms with Crippen LogP contribution in [0.5, 0.6) is 0 Å². The van der Waals surface area contributed by atoms with Gasteiger partial charge >= 0.3 is 0 Å². The van der Waals surface area contributed by atoms with Crippen molar-refractivity contribution >= 4 is 31.6 Å². The molecule has 0 bridgehead atoms. The summed E-state index contributed by atoms with van der Waals surface area (Å²) in [6.45, 7) is -0.269. The van der Waals surface area contributed by atoms with E-state index in [4.69, 9.17) is 5.73 Å². The average molecular weight is 367 g/mol. The maximum Gasteiger partial charge on any atom is 0.243 e. The summed E-state index contributed by atoms with van der Waals surface area (Å²) in [4.78, 5) is -0.189. The second-order valence-electron chi connectivity index (χ2n) is 5.06. The number of nitrogens with one attached hydrogen (secondary N) is 1. The summed E-state index contributed by atoms with van der Waals surface area (Å²) in [5.41, 5.74) is 4.59. The van der Waals surface area contributed by atoms with E-state index in [1.807, 2.05) is 0 Å². The van der Waals surface area contributed by atoms with Gasteiger partial charge in [-0.15, -0.1) is 0 Å². The zero-order chi connectivity index (χ0) is 15.0. The zero-order valence-electron chi connectivity index (χ0n) is 10.7. The van der Waals surface area contributed by atoms with Crippen LogP contribution in [0, 0.1) is 5.82 Å². The standard InChI is InChI=1S/C12H16BrFN2O3S/c13-8-5-11(10(15)6-9(8)14)20(18,19)16-12(7-17)3-1-2-4-12/h5-6,16-17H,1-4,7,15H2. The van der Waals surface area contributed by atoms with Gasteiger partial charge in [0.1, 0.15) is 10.7 Å². The maximum atomic E-state index is 13.3. The Hall–Kier alpha value is -0.700. The first kappa shape index (κ1) is 15.7. The third kappa shape index (κ3) is 2.98. The van der Waals surface area contributed by atoms with Gasteiger partial charge in [0.2, 0.25) is 10.0 Å². The lowest BCUT2D eigenvalue weighted by Gasteiger charge is -2.27. The molecule has 1 aromatic carbocycles. The molecule has 5 nitrogen and oxygen atoms in total. The molecular formula is C12H16BrFN2O3S. The van der Waals surface area contributed by atoms with E-state index < -0.39 is 21.4 Å². The van der Waals surface area contributed by atoms with Crippen molar-refractivity contribution in [1.82, 2.24) is 4.72 Å². The first-order chi connectivity index (χ1) is 9.30. The van der Waals surface area contributed by atoms with E-state index in [2.05, 4.69) is 20.7 Å². The number of benzene rings is 1. The lowest BCUT2D eigenvalue weighted by atomic mass is 10.0. The molecule has 112 valence electrons. The Morgan fingerprint density at radius 1 is 1.40 bits per heavy atom. The smallest absolute Gasteiger partial charge is 0.243 e. The molecule has 4 N–H and O–H groups in total. The largest absolute Gasteiger partial charge is 0.398 e. The fourth-order valence-corrected chi connectivity index (χ4v) is 4.55. The van der Waals surface area contributed by atoms with Crippen LogP contribution < -0.4 is 10.5 Å². The molecular weight excluding hydrogens is 351 g/mol. The van der Waals surface area contributed by atoms with Crippen molar-refractivity contribution in [1.29, 1.82) is 0 Å². The maximum absolute atomic E-state index is 13.3. The fraction of sp³-hybridized carbons (Fsp3) is 0.500. The van der Waals surface area contributed by atoms with Gasteiger partial charge in [-0.05, 0) is 40.9 Å². The summed E-state index contributed by atoms with van der Waals surface area (Å²) in [5.74, 6) is -0.626. The number of hydrogen-bond donors (Lipinski definition) is 3. The van der Waals surface area contributed by atoms with Crippen molar-refractivity contribution in [3.05, 3.63) is 22.4 Å². The van der Waals surface area contributed by atoms with Gasteiger partial charge in [-0.25, -0.2) is 17.5 Å². The number of anilines is 1. The number of sulfonamides is 1. The molecule has 20 heavy (non-hydrogen) atoms. The molecule has 0 unspecified atom stereocenters. The number of nitrogen functional groups attached to an aromatic ring is 1. The van der Waals surface area contributed by atoms with Crippen LogP contribution in [0.4, 0.5) is 10.1 Å². The van der Waals surface area contributed by atoms with Crippen LogP contribution in [0.3, 0.4) is 0 Å². The number of hydrogen-bond acceptors (Lipinski definition) is 4. The fourth-order valence-electron chi connectivity index (χ4n) is 2.46. The highest BCUT2D eigenvalue weighted by molar-refractivity contribution is 9.10. The van der Waals surface area contributed by atoms with Crippen molar-refractivity contribution in [3.8, 4) is 0 Å². The molecule has 0 atom stereocenters. The summed E-state index contributed by atoms with van der Waals surface area (Å²) in [7, 11) is -3.92. The summed E-state index contributed by atoms with van der Waals surface area (Å²) < 4.78 is 40.6. The van der Waals surface area contributed by atoms with Crippen molar-refractivity contribution in [2.24, 2.45) is 0 Å². The second-order valence-corrected chi connectivity index (χ2v) is 7.56. The van der Waals surface area contributed by atoms with E-state index in [9.17, 15) is 17.9 Å². The van der Waals surface area contributed by atoms with E-state index in [1.54, 1.807) is 0 Å². The number of aliphatic hydroxyl groups excluding tert-OH is 1. The Bertz CT molecular complexity index is 615. The zero-order valence-corrected chi connectivity index (χ0v) is 13.1. The summed E-state index contributed by atoms with van der Waals surface area (Å²) in [6, 6.07) is 2.09. The van der Waals surface area contributed by atoms with Crippen LogP contribution in [-0.2, 0) is 10.0 Å². The Morgan fingerprint density at radius 3 is 2.55 bits per heavy atom. The first-order valence-corrected chi connectivity index (χ1v) is 8.47. The third-order valence-corrected chi connectivity index (χ3v) is 5.80. The molecule has 0 amide bonds. The highest BCUT2D eigenvalue weighted by Crippen LogP contribution is 2.32. The number of nitrogens with two attached hydrogens (primary N) is 1. The molecule has 0 heterocycles. The van der Waals surface area contributed by atoms with Crippen LogP contribution in [0.15, 0.2) is 21.5 Å². The summed E-state index contributed by atoms with van der Waals surface area (Å²) in [6.07, 6.45) is 2.85. The Balaban J connectivity index is 2.38. The van der Waals surface area contributed by atoms with E-state index in [-0.39, 0.29) is 21.7 Å². The van der Waals surface area contributed by atoms with Gasteiger partial charge < -0.3 is 10.8 Å². The number of rotatable bonds is 4. The van der Waals surface area contributed by atoms with Gasteiger partial charge in [-0.2, -0.15) is 0 Å². The highest BCUT2D eigenvalue weighted by Gasteiger charge is 2.38. The second kappa shape index (κ2) is 5.59. The van der Waals surface area contributed by atoms with Crippen LogP contribution in [0.2, 0.25) is 0 Å². The van der Waals surface area contributed by atoms with E-state index in [1.165, 1.54) is 0 Å². The minimum Gasteiger partial charge on any atom is -0.398 e. The molecule has 1 aromatic rings.